The highest BCUT2D eigenvalue weighted by Gasteiger charge is 2.19. The highest BCUT2D eigenvalue weighted by molar-refractivity contribution is 7.89. The minimum atomic E-state index is -3.89. The first kappa shape index (κ1) is 16.0. The molecule has 5 nitrogen and oxygen atoms in total. The average Bonchev–Trinajstić information content (AvgIpc) is 2.38. The zero-order valence-corrected chi connectivity index (χ0v) is 11.9. The summed E-state index contributed by atoms with van der Waals surface area (Å²) in [6, 6.07) is 3.53. The molecule has 0 saturated heterocycles. The second kappa shape index (κ2) is 6.95. The molecule has 0 atom stereocenters. The van der Waals surface area contributed by atoms with Gasteiger partial charge in [0.25, 0.3) is 0 Å². The molecule has 19 heavy (non-hydrogen) atoms. The van der Waals surface area contributed by atoms with Crippen LogP contribution >= 0.6 is 0 Å². The van der Waals surface area contributed by atoms with Crippen LogP contribution in [0.1, 0.15) is 12.5 Å². The van der Waals surface area contributed by atoms with Crippen molar-refractivity contribution in [2.45, 2.75) is 18.4 Å². The van der Waals surface area contributed by atoms with E-state index >= 15 is 0 Å². The van der Waals surface area contributed by atoms with E-state index in [0.29, 0.717) is 12.1 Å². The third kappa shape index (κ3) is 4.54. The van der Waals surface area contributed by atoms with Crippen LogP contribution in [-0.2, 0) is 16.6 Å². The summed E-state index contributed by atoms with van der Waals surface area (Å²) in [5.74, 6) is -0.825. The summed E-state index contributed by atoms with van der Waals surface area (Å²) in [7, 11) is -2.03. The van der Waals surface area contributed by atoms with Gasteiger partial charge in [-0.1, -0.05) is 13.0 Å². The van der Waals surface area contributed by atoms with E-state index in [2.05, 4.69) is 4.72 Å². The fourth-order valence-corrected chi connectivity index (χ4v) is 2.61. The Morgan fingerprint density at radius 2 is 2.11 bits per heavy atom. The van der Waals surface area contributed by atoms with Gasteiger partial charge in [0.15, 0.2) is 0 Å². The first-order chi connectivity index (χ1) is 8.90. The summed E-state index contributed by atoms with van der Waals surface area (Å²) < 4.78 is 39.8. The van der Waals surface area contributed by atoms with Crippen molar-refractivity contribution in [2.75, 3.05) is 26.7 Å². The maximum atomic E-state index is 13.5. The Kier molecular flexibility index (Phi) is 5.86. The van der Waals surface area contributed by atoms with Gasteiger partial charge >= 0.3 is 0 Å². The molecule has 0 aromatic heterocycles. The van der Waals surface area contributed by atoms with E-state index < -0.39 is 20.7 Å². The third-order valence-electron chi connectivity index (χ3n) is 2.79. The molecule has 0 bridgehead atoms. The Labute approximate surface area is 113 Å². The molecule has 1 rings (SSSR count). The molecule has 0 radical (unpaired) electrons. The molecule has 0 fully saturated rings. The van der Waals surface area contributed by atoms with Crippen LogP contribution in [0, 0.1) is 5.82 Å². The summed E-state index contributed by atoms with van der Waals surface area (Å²) in [5, 5.41) is 8.96. The van der Waals surface area contributed by atoms with Gasteiger partial charge < -0.3 is 10.0 Å². The minimum Gasteiger partial charge on any atom is -0.392 e. The van der Waals surface area contributed by atoms with Crippen molar-refractivity contribution in [2.24, 2.45) is 0 Å². The predicted octanol–water partition coefficient (Wildman–Crippen LogP) is 0.548. The number of rotatable bonds is 7. The first-order valence-corrected chi connectivity index (χ1v) is 7.46. The van der Waals surface area contributed by atoms with Gasteiger partial charge in [-0.05, 0) is 31.3 Å². The topological polar surface area (TPSA) is 69.6 Å². The lowest BCUT2D eigenvalue weighted by molar-refractivity contribution is 0.281. The Balaban J connectivity index is 2.82. The monoisotopic (exact) mass is 290 g/mol. The molecule has 0 unspecified atom stereocenters. The second-order valence-electron chi connectivity index (χ2n) is 4.22. The summed E-state index contributed by atoms with van der Waals surface area (Å²) in [5.41, 5.74) is 0.354. The van der Waals surface area contributed by atoms with Crippen LogP contribution in [0.25, 0.3) is 0 Å². The van der Waals surface area contributed by atoms with Gasteiger partial charge in [0, 0.05) is 13.1 Å². The molecule has 0 amide bonds. The molecule has 0 aliphatic heterocycles. The molecule has 7 heteroatoms. The van der Waals surface area contributed by atoms with Crippen LogP contribution in [0.3, 0.4) is 0 Å². The number of aliphatic hydroxyl groups is 1. The summed E-state index contributed by atoms with van der Waals surface area (Å²) >= 11 is 0. The molecule has 0 spiro atoms. The lowest BCUT2D eigenvalue weighted by Gasteiger charge is -2.14. The molecular weight excluding hydrogens is 271 g/mol. The zero-order chi connectivity index (χ0) is 14.5. The number of hydrogen-bond acceptors (Lipinski definition) is 4. The quantitative estimate of drug-likeness (QED) is 0.769. The average molecular weight is 290 g/mol. The van der Waals surface area contributed by atoms with Gasteiger partial charge in [-0.2, -0.15) is 0 Å². The van der Waals surface area contributed by atoms with Crippen LogP contribution in [0.2, 0.25) is 0 Å². The van der Waals surface area contributed by atoms with E-state index in [-0.39, 0.29) is 13.2 Å². The molecule has 0 heterocycles. The Morgan fingerprint density at radius 3 is 2.68 bits per heavy atom. The van der Waals surface area contributed by atoms with Gasteiger partial charge in [0.05, 0.1) is 6.61 Å². The van der Waals surface area contributed by atoms with Crippen molar-refractivity contribution in [3.63, 3.8) is 0 Å². The normalized spacial score (nSPS) is 12.1. The summed E-state index contributed by atoms with van der Waals surface area (Å²) in [6.07, 6.45) is 0. The first-order valence-electron chi connectivity index (χ1n) is 5.98. The van der Waals surface area contributed by atoms with Crippen LogP contribution < -0.4 is 4.72 Å². The Hall–Kier alpha value is -1.02. The van der Waals surface area contributed by atoms with E-state index in [4.69, 9.17) is 5.11 Å². The van der Waals surface area contributed by atoms with E-state index in [0.717, 1.165) is 18.7 Å². The van der Waals surface area contributed by atoms with Crippen LogP contribution in [-0.4, -0.2) is 45.1 Å². The summed E-state index contributed by atoms with van der Waals surface area (Å²) in [4.78, 5) is 1.50. The van der Waals surface area contributed by atoms with Gasteiger partial charge in [-0.25, -0.2) is 17.5 Å². The van der Waals surface area contributed by atoms with E-state index in [9.17, 15) is 12.8 Å². The van der Waals surface area contributed by atoms with Crippen molar-refractivity contribution < 1.29 is 17.9 Å². The Morgan fingerprint density at radius 1 is 1.42 bits per heavy atom. The lowest BCUT2D eigenvalue weighted by atomic mass is 10.2. The van der Waals surface area contributed by atoms with E-state index in [1.807, 2.05) is 18.9 Å². The molecule has 1 aromatic carbocycles. The van der Waals surface area contributed by atoms with Gasteiger partial charge in [-0.15, -0.1) is 0 Å². The van der Waals surface area contributed by atoms with Crippen molar-refractivity contribution in [1.82, 2.24) is 9.62 Å². The lowest BCUT2D eigenvalue weighted by Crippen LogP contribution is -2.33. The number of aliphatic hydroxyl groups excluding tert-OH is 1. The number of benzene rings is 1. The van der Waals surface area contributed by atoms with Crippen molar-refractivity contribution >= 4 is 10.0 Å². The van der Waals surface area contributed by atoms with Crippen LogP contribution in [0.15, 0.2) is 23.1 Å². The standard InChI is InChI=1S/C12H19FN2O3S/c1-3-15(2)7-6-14-19(17,18)12-8-10(9-16)4-5-11(12)13/h4-5,8,14,16H,3,6-7,9H2,1-2H3. The van der Waals surface area contributed by atoms with E-state index in [1.165, 1.54) is 6.07 Å². The number of hydrogen-bond donors (Lipinski definition) is 2. The molecule has 1 aromatic rings. The smallest absolute Gasteiger partial charge is 0.243 e. The predicted molar refractivity (Wildman–Crippen MR) is 70.7 cm³/mol. The summed E-state index contributed by atoms with van der Waals surface area (Å²) in [6.45, 7) is 3.17. The maximum Gasteiger partial charge on any atom is 0.243 e. The third-order valence-corrected chi connectivity index (χ3v) is 4.27. The van der Waals surface area contributed by atoms with Crippen molar-refractivity contribution in [3.05, 3.63) is 29.6 Å². The second-order valence-corrected chi connectivity index (χ2v) is 5.95. The van der Waals surface area contributed by atoms with Gasteiger partial charge in [0.2, 0.25) is 10.0 Å². The number of nitrogens with one attached hydrogen (secondary N) is 1. The highest BCUT2D eigenvalue weighted by atomic mass is 32.2. The number of nitrogens with zero attached hydrogens (tertiary/aromatic N) is 1. The largest absolute Gasteiger partial charge is 0.392 e. The molecule has 0 saturated carbocycles. The molecule has 108 valence electrons. The van der Waals surface area contributed by atoms with Crippen LogP contribution in [0.4, 0.5) is 4.39 Å². The molecule has 0 aliphatic rings. The van der Waals surface area contributed by atoms with Gasteiger partial charge in [-0.3, -0.25) is 0 Å². The fraction of sp³-hybridized carbons (Fsp3) is 0.500. The fourth-order valence-electron chi connectivity index (χ4n) is 1.46. The highest BCUT2D eigenvalue weighted by Crippen LogP contribution is 2.16. The minimum absolute atomic E-state index is 0.204. The van der Waals surface area contributed by atoms with Gasteiger partial charge in [0.1, 0.15) is 10.7 Å². The molecular formula is C12H19FN2O3S. The number of likely N-dealkylation sites (N-methyl/N-ethyl adjacent to an activating group) is 1. The Bertz CT molecular complexity index is 520. The van der Waals surface area contributed by atoms with Crippen molar-refractivity contribution in [3.8, 4) is 0 Å². The number of sulfonamides is 1. The number of halogens is 1. The van der Waals surface area contributed by atoms with Crippen LogP contribution in [0.5, 0.6) is 0 Å². The maximum absolute atomic E-state index is 13.5. The van der Waals surface area contributed by atoms with Crippen molar-refractivity contribution in [1.29, 1.82) is 0 Å². The SMILES string of the molecule is CCN(C)CCNS(=O)(=O)c1cc(CO)ccc1F. The zero-order valence-electron chi connectivity index (χ0n) is 11.1. The van der Waals surface area contributed by atoms with E-state index in [1.54, 1.807) is 0 Å². The molecule has 0 aliphatic carbocycles. The molecule has 2 N–H and O–H groups in total.